The van der Waals surface area contributed by atoms with E-state index in [9.17, 15) is 0 Å². The molecule has 0 saturated heterocycles. The highest BCUT2D eigenvalue weighted by Gasteiger charge is 2.18. The molecule has 1 heterocycles. The molecule has 1 aromatic heterocycles. The van der Waals surface area contributed by atoms with Gasteiger partial charge in [0.05, 0.1) is 0 Å². The monoisotopic (exact) mass is 269 g/mol. The van der Waals surface area contributed by atoms with E-state index in [0.717, 1.165) is 23.2 Å². The molecule has 3 heteroatoms. The summed E-state index contributed by atoms with van der Waals surface area (Å²) in [5.74, 6) is 1.26. The quantitative estimate of drug-likeness (QED) is 0.915. The Kier molecular flexibility index (Phi) is 3.80. The molecular formula is C17H23N3. The van der Waals surface area contributed by atoms with Gasteiger partial charge < -0.3 is 5.73 Å². The molecule has 0 saturated carbocycles. The SMILES string of the molecule is CCC(C)(C)c1ccc(-c2nc(C)c(C)c(N)n2)cc1. The van der Waals surface area contributed by atoms with Crippen LogP contribution in [-0.4, -0.2) is 9.97 Å². The zero-order chi connectivity index (χ0) is 14.9. The van der Waals surface area contributed by atoms with E-state index in [2.05, 4.69) is 55.0 Å². The molecule has 20 heavy (non-hydrogen) atoms. The van der Waals surface area contributed by atoms with Crippen molar-refractivity contribution in [1.82, 2.24) is 9.97 Å². The van der Waals surface area contributed by atoms with Crippen LogP contribution in [0.4, 0.5) is 5.82 Å². The fourth-order valence-corrected chi connectivity index (χ4v) is 2.05. The molecule has 0 aliphatic heterocycles. The largest absolute Gasteiger partial charge is 0.383 e. The molecular weight excluding hydrogens is 246 g/mol. The van der Waals surface area contributed by atoms with Crippen LogP contribution < -0.4 is 5.73 Å². The molecule has 2 aromatic rings. The maximum Gasteiger partial charge on any atom is 0.161 e. The van der Waals surface area contributed by atoms with Crippen molar-refractivity contribution < 1.29 is 0 Å². The van der Waals surface area contributed by atoms with Gasteiger partial charge in [0.2, 0.25) is 0 Å². The van der Waals surface area contributed by atoms with Crippen LogP contribution >= 0.6 is 0 Å². The minimum atomic E-state index is 0.196. The number of hydrogen-bond donors (Lipinski definition) is 1. The predicted molar refractivity (Wildman–Crippen MR) is 84.7 cm³/mol. The first-order valence-electron chi connectivity index (χ1n) is 7.07. The van der Waals surface area contributed by atoms with Gasteiger partial charge in [-0.3, -0.25) is 0 Å². The normalized spacial score (nSPS) is 11.7. The van der Waals surface area contributed by atoms with Crippen molar-refractivity contribution in [2.24, 2.45) is 0 Å². The lowest BCUT2D eigenvalue weighted by atomic mass is 9.82. The van der Waals surface area contributed by atoms with Gasteiger partial charge in [0.1, 0.15) is 5.82 Å². The average Bonchev–Trinajstić information content (AvgIpc) is 2.44. The Morgan fingerprint density at radius 3 is 2.15 bits per heavy atom. The molecule has 0 atom stereocenters. The molecule has 1 aromatic carbocycles. The van der Waals surface area contributed by atoms with E-state index in [1.54, 1.807) is 0 Å². The van der Waals surface area contributed by atoms with E-state index in [1.165, 1.54) is 5.56 Å². The highest BCUT2D eigenvalue weighted by atomic mass is 15.0. The molecule has 3 nitrogen and oxygen atoms in total. The summed E-state index contributed by atoms with van der Waals surface area (Å²) in [6, 6.07) is 8.48. The molecule has 2 rings (SSSR count). The van der Waals surface area contributed by atoms with E-state index in [1.807, 2.05) is 13.8 Å². The Bertz CT molecular complexity index is 590. The Hall–Kier alpha value is -1.90. The molecule has 0 radical (unpaired) electrons. The maximum atomic E-state index is 5.93. The Labute approximate surface area is 121 Å². The number of anilines is 1. The van der Waals surface area contributed by atoms with Crippen LogP contribution in [-0.2, 0) is 5.41 Å². The predicted octanol–water partition coefficient (Wildman–Crippen LogP) is 4.03. The minimum Gasteiger partial charge on any atom is -0.383 e. The van der Waals surface area contributed by atoms with Gasteiger partial charge in [0.25, 0.3) is 0 Å². The zero-order valence-corrected chi connectivity index (χ0v) is 13.0. The van der Waals surface area contributed by atoms with Gasteiger partial charge in [-0.2, -0.15) is 0 Å². The van der Waals surface area contributed by atoms with Gasteiger partial charge in [0, 0.05) is 16.8 Å². The van der Waals surface area contributed by atoms with Crippen molar-refractivity contribution in [3.05, 3.63) is 41.1 Å². The third-order valence-electron chi connectivity index (χ3n) is 4.24. The number of hydrogen-bond acceptors (Lipinski definition) is 3. The summed E-state index contributed by atoms with van der Waals surface area (Å²) in [5, 5.41) is 0. The second kappa shape index (κ2) is 5.23. The molecule has 0 amide bonds. The van der Waals surface area contributed by atoms with Crippen LogP contribution in [0.3, 0.4) is 0 Å². The van der Waals surface area contributed by atoms with Gasteiger partial charge in [-0.1, -0.05) is 45.0 Å². The minimum absolute atomic E-state index is 0.196. The molecule has 2 N–H and O–H groups in total. The van der Waals surface area contributed by atoms with Gasteiger partial charge in [-0.05, 0) is 31.2 Å². The first-order chi connectivity index (χ1) is 9.35. The lowest BCUT2D eigenvalue weighted by Gasteiger charge is -2.23. The molecule has 0 fully saturated rings. The maximum absolute atomic E-state index is 5.93. The third-order valence-corrected chi connectivity index (χ3v) is 4.24. The number of nitrogens with two attached hydrogens (primary N) is 1. The van der Waals surface area contributed by atoms with Crippen molar-refractivity contribution in [2.75, 3.05) is 5.73 Å². The van der Waals surface area contributed by atoms with Crippen LogP contribution in [0.1, 0.15) is 44.0 Å². The van der Waals surface area contributed by atoms with Crippen molar-refractivity contribution in [1.29, 1.82) is 0 Å². The second-order valence-electron chi connectivity index (χ2n) is 5.96. The van der Waals surface area contributed by atoms with Crippen LogP contribution in [0.5, 0.6) is 0 Å². The summed E-state index contributed by atoms with van der Waals surface area (Å²) in [7, 11) is 0. The first kappa shape index (κ1) is 14.5. The Morgan fingerprint density at radius 1 is 1.05 bits per heavy atom. The van der Waals surface area contributed by atoms with E-state index >= 15 is 0 Å². The Morgan fingerprint density at radius 2 is 1.65 bits per heavy atom. The molecule has 106 valence electrons. The van der Waals surface area contributed by atoms with Crippen molar-refractivity contribution >= 4 is 5.82 Å². The lowest BCUT2D eigenvalue weighted by molar-refractivity contribution is 0.506. The average molecular weight is 269 g/mol. The van der Waals surface area contributed by atoms with Crippen molar-refractivity contribution in [2.45, 2.75) is 46.5 Å². The fraction of sp³-hybridized carbons (Fsp3) is 0.412. The van der Waals surface area contributed by atoms with Gasteiger partial charge in [0.15, 0.2) is 5.82 Å². The first-order valence-corrected chi connectivity index (χ1v) is 7.07. The number of aromatic nitrogens is 2. The number of aryl methyl sites for hydroxylation is 1. The highest BCUT2D eigenvalue weighted by Crippen LogP contribution is 2.28. The summed E-state index contributed by atoms with van der Waals surface area (Å²) < 4.78 is 0. The summed E-state index contributed by atoms with van der Waals surface area (Å²) in [6.45, 7) is 10.6. The number of nitrogens with zero attached hydrogens (tertiary/aromatic N) is 2. The van der Waals surface area contributed by atoms with E-state index in [4.69, 9.17) is 5.73 Å². The van der Waals surface area contributed by atoms with Gasteiger partial charge in [-0.15, -0.1) is 0 Å². The van der Waals surface area contributed by atoms with E-state index < -0.39 is 0 Å². The highest BCUT2D eigenvalue weighted by molar-refractivity contribution is 5.59. The molecule has 0 unspecified atom stereocenters. The lowest BCUT2D eigenvalue weighted by Crippen LogP contribution is -2.15. The third kappa shape index (κ3) is 2.67. The summed E-state index contributed by atoms with van der Waals surface area (Å²) in [6.07, 6.45) is 1.11. The summed E-state index contributed by atoms with van der Waals surface area (Å²) in [4.78, 5) is 8.91. The van der Waals surface area contributed by atoms with Crippen LogP contribution in [0.2, 0.25) is 0 Å². The fourth-order valence-electron chi connectivity index (χ4n) is 2.05. The number of rotatable bonds is 3. The molecule has 0 spiro atoms. The second-order valence-corrected chi connectivity index (χ2v) is 5.96. The van der Waals surface area contributed by atoms with E-state index in [0.29, 0.717) is 11.6 Å². The van der Waals surface area contributed by atoms with E-state index in [-0.39, 0.29) is 5.41 Å². The summed E-state index contributed by atoms with van der Waals surface area (Å²) >= 11 is 0. The molecule has 0 aliphatic carbocycles. The number of nitrogen functional groups attached to an aromatic ring is 1. The van der Waals surface area contributed by atoms with Gasteiger partial charge in [-0.25, -0.2) is 9.97 Å². The molecule has 0 bridgehead atoms. The molecule has 0 aliphatic rings. The smallest absolute Gasteiger partial charge is 0.161 e. The standard InChI is InChI=1S/C17H23N3/c1-6-17(4,5)14-9-7-13(8-10-14)16-19-12(3)11(2)15(18)20-16/h7-10H,6H2,1-5H3,(H2,18,19,20). The van der Waals surface area contributed by atoms with Crippen LogP contribution in [0, 0.1) is 13.8 Å². The van der Waals surface area contributed by atoms with Crippen LogP contribution in [0.25, 0.3) is 11.4 Å². The Balaban J connectivity index is 2.40. The zero-order valence-electron chi connectivity index (χ0n) is 13.0. The van der Waals surface area contributed by atoms with Gasteiger partial charge >= 0.3 is 0 Å². The number of benzene rings is 1. The summed E-state index contributed by atoms with van der Waals surface area (Å²) in [5.41, 5.74) is 10.4. The topological polar surface area (TPSA) is 51.8 Å². The van der Waals surface area contributed by atoms with Crippen molar-refractivity contribution in [3.8, 4) is 11.4 Å². The van der Waals surface area contributed by atoms with Crippen LogP contribution in [0.15, 0.2) is 24.3 Å². The van der Waals surface area contributed by atoms with Crippen molar-refractivity contribution in [3.63, 3.8) is 0 Å².